The second kappa shape index (κ2) is 7.63. The maximum absolute atomic E-state index is 11.6. The maximum Gasteiger partial charge on any atom is 0.170 e. The number of aldehydes is 1. The molecule has 0 spiro atoms. The molecule has 0 aliphatic rings. The van der Waals surface area contributed by atoms with Crippen LogP contribution in [0.15, 0.2) is 48.5 Å². The molecule has 3 heteroatoms. The van der Waals surface area contributed by atoms with Crippen LogP contribution in [0, 0.1) is 0 Å². The van der Waals surface area contributed by atoms with E-state index in [0.29, 0.717) is 17.1 Å². The Morgan fingerprint density at radius 2 is 1.78 bits per heavy atom. The summed E-state index contributed by atoms with van der Waals surface area (Å²) < 4.78 is 11.4. The number of hydrogen-bond acceptors (Lipinski definition) is 3. The summed E-state index contributed by atoms with van der Waals surface area (Å²) >= 11 is 0. The molecule has 0 fully saturated rings. The second-order valence-electron chi connectivity index (χ2n) is 5.41. The largest absolute Gasteiger partial charge is 0.493 e. The van der Waals surface area contributed by atoms with Crippen molar-refractivity contribution < 1.29 is 14.3 Å². The number of ether oxygens (including phenoxy) is 2. The Morgan fingerprint density at radius 1 is 1.09 bits per heavy atom. The van der Waals surface area contributed by atoms with Gasteiger partial charge in [0.2, 0.25) is 0 Å². The van der Waals surface area contributed by atoms with Crippen LogP contribution < -0.4 is 9.47 Å². The molecular weight excluding hydrogens is 288 g/mol. The van der Waals surface area contributed by atoms with Crippen molar-refractivity contribution in [1.29, 1.82) is 0 Å². The molecule has 23 heavy (non-hydrogen) atoms. The Labute approximate surface area is 137 Å². The van der Waals surface area contributed by atoms with Gasteiger partial charge in [-0.1, -0.05) is 36.4 Å². The number of carbonyl (C=O) groups is 1. The van der Waals surface area contributed by atoms with Crippen LogP contribution in [0.4, 0.5) is 0 Å². The summed E-state index contributed by atoms with van der Waals surface area (Å²) in [6.07, 6.45) is 2.82. The van der Waals surface area contributed by atoms with E-state index in [4.69, 9.17) is 9.47 Å². The van der Waals surface area contributed by atoms with Crippen molar-refractivity contribution in [2.24, 2.45) is 0 Å². The van der Waals surface area contributed by atoms with E-state index in [1.54, 1.807) is 19.2 Å². The zero-order valence-electron chi connectivity index (χ0n) is 14.0. The third kappa shape index (κ3) is 3.62. The van der Waals surface area contributed by atoms with E-state index < -0.39 is 0 Å². The average Bonchev–Trinajstić information content (AvgIpc) is 2.57. The van der Waals surface area contributed by atoms with E-state index in [9.17, 15) is 4.79 Å². The highest BCUT2D eigenvalue weighted by Crippen LogP contribution is 2.40. The first kappa shape index (κ1) is 16.8. The van der Waals surface area contributed by atoms with Gasteiger partial charge in [0.25, 0.3) is 0 Å². The van der Waals surface area contributed by atoms with Gasteiger partial charge in [-0.15, -0.1) is 0 Å². The molecule has 0 unspecified atom stereocenters. The number of allylic oxidation sites excluding steroid dienone is 1. The Balaban J connectivity index is 2.73. The molecule has 0 aliphatic heterocycles. The number of benzene rings is 2. The Bertz CT molecular complexity index is 700. The fourth-order valence-electron chi connectivity index (χ4n) is 2.54. The number of rotatable bonds is 6. The molecule has 0 radical (unpaired) electrons. The molecule has 0 aliphatic carbocycles. The highest BCUT2D eigenvalue weighted by Gasteiger charge is 2.20. The fourth-order valence-corrected chi connectivity index (χ4v) is 2.54. The van der Waals surface area contributed by atoms with Crippen molar-refractivity contribution in [1.82, 2.24) is 0 Å². The van der Waals surface area contributed by atoms with E-state index in [0.717, 1.165) is 23.0 Å². The molecule has 0 amide bonds. The molecule has 2 rings (SSSR count). The van der Waals surface area contributed by atoms with Gasteiger partial charge in [-0.05, 0) is 44.0 Å². The number of carbonyl (C=O) groups excluding carboxylic acids is 1. The standard InChI is InChI=1S/C20H22O3/c1-5-17(15-9-7-6-8-10-15)19-16(13-21)11-12-18(22-4)20(19)23-14(2)3/h5-14H,1-4H3/b17-5+. The Morgan fingerprint density at radius 3 is 2.30 bits per heavy atom. The van der Waals surface area contributed by atoms with E-state index in [1.165, 1.54) is 0 Å². The number of hydrogen-bond donors (Lipinski definition) is 0. The van der Waals surface area contributed by atoms with E-state index >= 15 is 0 Å². The van der Waals surface area contributed by atoms with Gasteiger partial charge in [0.05, 0.1) is 13.2 Å². The zero-order chi connectivity index (χ0) is 16.8. The van der Waals surface area contributed by atoms with Gasteiger partial charge in [0.1, 0.15) is 0 Å². The van der Waals surface area contributed by atoms with Crippen LogP contribution in [0.3, 0.4) is 0 Å². The van der Waals surface area contributed by atoms with E-state index in [-0.39, 0.29) is 6.10 Å². The molecule has 0 N–H and O–H groups in total. The summed E-state index contributed by atoms with van der Waals surface area (Å²) in [7, 11) is 1.60. The molecule has 0 saturated heterocycles. The van der Waals surface area contributed by atoms with Gasteiger partial charge in [-0.2, -0.15) is 0 Å². The van der Waals surface area contributed by atoms with Gasteiger partial charge in [-0.3, -0.25) is 4.79 Å². The third-order valence-electron chi connectivity index (χ3n) is 3.50. The lowest BCUT2D eigenvalue weighted by Crippen LogP contribution is -2.10. The van der Waals surface area contributed by atoms with Crippen molar-refractivity contribution in [3.8, 4) is 11.5 Å². The van der Waals surface area contributed by atoms with Crippen LogP contribution >= 0.6 is 0 Å². The first-order chi connectivity index (χ1) is 11.1. The highest BCUT2D eigenvalue weighted by atomic mass is 16.5. The van der Waals surface area contributed by atoms with Crippen molar-refractivity contribution >= 4 is 11.9 Å². The molecule has 0 atom stereocenters. The summed E-state index contributed by atoms with van der Waals surface area (Å²) in [5.41, 5.74) is 3.32. The fraction of sp³-hybridized carbons (Fsp3) is 0.250. The van der Waals surface area contributed by atoms with Gasteiger partial charge in [0, 0.05) is 11.1 Å². The van der Waals surface area contributed by atoms with Crippen LogP contribution in [0.5, 0.6) is 11.5 Å². The molecule has 0 heterocycles. The van der Waals surface area contributed by atoms with Gasteiger partial charge < -0.3 is 9.47 Å². The van der Waals surface area contributed by atoms with Gasteiger partial charge in [0.15, 0.2) is 17.8 Å². The lowest BCUT2D eigenvalue weighted by Gasteiger charge is -2.20. The summed E-state index contributed by atoms with van der Waals surface area (Å²) in [6, 6.07) is 13.5. The van der Waals surface area contributed by atoms with Crippen LogP contribution in [0.25, 0.3) is 5.57 Å². The lowest BCUT2D eigenvalue weighted by atomic mass is 9.92. The molecule has 2 aromatic rings. The van der Waals surface area contributed by atoms with Crippen molar-refractivity contribution in [3.05, 3.63) is 65.2 Å². The van der Waals surface area contributed by atoms with E-state index in [2.05, 4.69) is 0 Å². The third-order valence-corrected chi connectivity index (χ3v) is 3.50. The second-order valence-corrected chi connectivity index (χ2v) is 5.41. The first-order valence-electron chi connectivity index (χ1n) is 7.67. The number of methoxy groups -OCH3 is 1. The summed E-state index contributed by atoms with van der Waals surface area (Å²) in [5.74, 6) is 1.22. The van der Waals surface area contributed by atoms with Crippen LogP contribution in [-0.2, 0) is 0 Å². The van der Waals surface area contributed by atoms with Crippen molar-refractivity contribution in [2.45, 2.75) is 26.9 Å². The van der Waals surface area contributed by atoms with Crippen molar-refractivity contribution in [2.75, 3.05) is 7.11 Å². The maximum atomic E-state index is 11.6. The van der Waals surface area contributed by atoms with Crippen LogP contribution in [-0.4, -0.2) is 19.5 Å². The predicted octanol–water partition coefficient (Wildman–Crippen LogP) is 4.75. The molecular formula is C20H22O3. The summed E-state index contributed by atoms with van der Waals surface area (Å²) in [4.78, 5) is 11.6. The summed E-state index contributed by atoms with van der Waals surface area (Å²) in [6.45, 7) is 5.86. The minimum absolute atomic E-state index is 0.0292. The monoisotopic (exact) mass is 310 g/mol. The minimum atomic E-state index is -0.0292. The van der Waals surface area contributed by atoms with E-state index in [1.807, 2.05) is 57.2 Å². The quantitative estimate of drug-likeness (QED) is 0.722. The SMILES string of the molecule is C/C=C(\c1ccccc1)c1c(C=O)ccc(OC)c1OC(C)C. The summed E-state index contributed by atoms with van der Waals surface area (Å²) in [5, 5.41) is 0. The van der Waals surface area contributed by atoms with Gasteiger partial charge in [-0.25, -0.2) is 0 Å². The molecule has 0 aromatic heterocycles. The molecule has 3 nitrogen and oxygen atoms in total. The van der Waals surface area contributed by atoms with Crippen LogP contribution in [0.1, 0.15) is 42.3 Å². The van der Waals surface area contributed by atoms with Crippen LogP contribution in [0.2, 0.25) is 0 Å². The highest BCUT2D eigenvalue weighted by molar-refractivity contribution is 5.94. The minimum Gasteiger partial charge on any atom is -0.493 e. The smallest absolute Gasteiger partial charge is 0.170 e. The molecule has 0 bridgehead atoms. The zero-order valence-corrected chi connectivity index (χ0v) is 14.0. The van der Waals surface area contributed by atoms with Crippen molar-refractivity contribution in [3.63, 3.8) is 0 Å². The molecule has 2 aromatic carbocycles. The Kier molecular flexibility index (Phi) is 5.58. The molecule has 0 saturated carbocycles. The van der Waals surface area contributed by atoms with Gasteiger partial charge >= 0.3 is 0 Å². The predicted molar refractivity (Wildman–Crippen MR) is 93.3 cm³/mol. The molecule has 120 valence electrons. The topological polar surface area (TPSA) is 35.5 Å². The lowest BCUT2D eigenvalue weighted by molar-refractivity contribution is 0.112. The first-order valence-corrected chi connectivity index (χ1v) is 7.67. The Hall–Kier alpha value is -2.55. The average molecular weight is 310 g/mol. The normalized spacial score (nSPS) is 11.4.